The van der Waals surface area contributed by atoms with Crippen LogP contribution in [0.2, 0.25) is 0 Å². The van der Waals surface area contributed by atoms with E-state index in [9.17, 15) is 0 Å². The van der Waals surface area contributed by atoms with Gasteiger partial charge in [-0.3, -0.25) is 9.89 Å². The fourth-order valence-electron chi connectivity index (χ4n) is 3.07. The molecule has 0 aromatic heterocycles. The highest BCUT2D eigenvalue weighted by atomic mass is 16.5. The van der Waals surface area contributed by atoms with Crippen molar-refractivity contribution in [2.45, 2.75) is 19.8 Å². The molecule has 2 saturated heterocycles. The lowest BCUT2D eigenvalue weighted by atomic mass is 10.1. The average Bonchev–Trinajstić information content (AvgIpc) is 2.95. The number of morpholine rings is 1. The molecule has 6 heteroatoms. The first-order valence-corrected chi connectivity index (χ1v) is 8.78. The Morgan fingerprint density at radius 3 is 2.73 bits per heavy atom. The van der Waals surface area contributed by atoms with Crippen LogP contribution in [0.15, 0.2) is 4.99 Å². The molecule has 0 bridgehead atoms. The number of nitrogens with zero attached hydrogens (tertiary/aromatic N) is 3. The third-order valence-corrected chi connectivity index (χ3v) is 4.39. The molecule has 0 amide bonds. The van der Waals surface area contributed by atoms with Gasteiger partial charge in [-0.25, -0.2) is 0 Å². The van der Waals surface area contributed by atoms with Gasteiger partial charge in [-0.15, -0.1) is 0 Å². The number of guanidine groups is 1. The molecule has 0 aliphatic carbocycles. The quantitative estimate of drug-likeness (QED) is 0.400. The molecule has 0 aromatic rings. The third kappa shape index (κ3) is 6.50. The van der Waals surface area contributed by atoms with Gasteiger partial charge < -0.3 is 20.3 Å². The van der Waals surface area contributed by atoms with Crippen LogP contribution in [-0.2, 0) is 4.74 Å². The van der Waals surface area contributed by atoms with Crippen LogP contribution in [0.1, 0.15) is 19.8 Å². The second-order valence-electron chi connectivity index (χ2n) is 6.37. The first kappa shape index (κ1) is 17.5. The van der Waals surface area contributed by atoms with E-state index < -0.39 is 0 Å². The summed E-state index contributed by atoms with van der Waals surface area (Å²) in [4.78, 5) is 9.62. The summed E-state index contributed by atoms with van der Waals surface area (Å²) in [5.41, 5.74) is 0. The zero-order valence-corrected chi connectivity index (χ0v) is 14.3. The maximum Gasteiger partial charge on any atom is 0.191 e. The van der Waals surface area contributed by atoms with Crippen molar-refractivity contribution >= 4 is 5.96 Å². The van der Waals surface area contributed by atoms with E-state index in [1.54, 1.807) is 0 Å². The van der Waals surface area contributed by atoms with Crippen molar-refractivity contribution in [3.05, 3.63) is 0 Å². The lowest BCUT2D eigenvalue weighted by molar-refractivity contribution is 0.0376. The highest BCUT2D eigenvalue weighted by Gasteiger charge is 2.18. The maximum absolute atomic E-state index is 5.37. The van der Waals surface area contributed by atoms with Crippen LogP contribution in [0.5, 0.6) is 0 Å². The van der Waals surface area contributed by atoms with E-state index in [0.29, 0.717) is 5.92 Å². The molecule has 2 heterocycles. The number of ether oxygens (including phenoxy) is 1. The zero-order chi connectivity index (χ0) is 15.6. The Bertz CT molecular complexity index is 330. The van der Waals surface area contributed by atoms with Crippen molar-refractivity contribution in [1.29, 1.82) is 0 Å². The first-order chi connectivity index (χ1) is 10.8. The van der Waals surface area contributed by atoms with Gasteiger partial charge >= 0.3 is 0 Å². The molecule has 2 aliphatic heterocycles. The summed E-state index contributed by atoms with van der Waals surface area (Å²) in [6, 6.07) is 0. The highest BCUT2D eigenvalue weighted by Crippen LogP contribution is 2.14. The molecule has 2 fully saturated rings. The van der Waals surface area contributed by atoms with Crippen LogP contribution in [0.4, 0.5) is 0 Å². The molecule has 128 valence electrons. The lowest BCUT2D eigenvalue weighted by Crippen LogP contribution is -2.41. The summed E-state index contributed by atoms with van der Waals surface area (Å²) in [5.74, 6) is 1.69. The predicted octanol–water partition coefficient (Wildman–Crippen LogP) is 0.216. The second-order valence-corrected chi connectivity index (χ2v) is 6.37. The minimum atomic E-state index is 0.716. The van der Waals surface area contributed by atoms with Crippen LogP contribution in [0.3, 0.4) is 0 Å². The molecule has 1 unspecified atom stereocenters. The summed E-state index contributed by atoms with van der Waals surface area (Å²) in [7, 11) is 2.19. The summed E-state index contributed by atoms with van der Waals surface area (Å²) in [5, 5.41) is 6.81. The Hall–Kier alpha value is -0.850. The van der Waals surface area contributed by atoms with E-state index in [1.807, 2.05) is 0 Å². The van der Waals surface area contributed by atoms with Gasteiger partial charge in [-0.1, -0.05) is 0 Å². The monoisotopic (exact) mass is 311 g/mol. The molecule has 0 saturated carbocycles. The number of hydrogen-bond donors (Lipinski definition) is 2. The molecule has 2 aliphatic rings. The summed E-state index contributed by atoms with van der Waals surface area (Å²) >= 11 is 0. The van der Waals surface area contributed by atoms with Crippen LogP contribution in [0, 0.1) is 5.92 Å². The van der Waals surface area contributed by atoms with E-state index in [4.69, 9.17) is 9.73 Å². The summed E-state index contributed by atoms with van der Waals surface area (Å²) < 4.78 is 5.37. The van der Waals surface area contributed by atoms with E-state index in [2.05, 4.69) is 34.4 Å². The highest BCUT2D eigenvalue weighted by molar-refractivity contribution is 5.79. The zero-order valence-electron chi connectivity index (χ0n) is 14.3. The molecule has 0 radical (unpaired) electrons. The number of nitrogens with one attached hydrogen (secondary N) is 2. The molecule has 0 aromatic carbocycles. The predicted molar refractivity (Wildman–Crippen MR) is 91.5 cm³/mol. The van der Waals surface area contributed by atoms with Crippen LogP contribution in [0.25, 0.3) is 0 Å². The fourth-order valence-corrected chi connectivity index (χ4v) is 3.07. The van der Waals surface area contributed by atoms with Crippen molar-refractivity contribution in [2.75, 3.05) is 72.6 Å². The standard InChI is InChI=1S/C16H33N5O/c1-3-17-16(19-13-15-5-8-20(2)14-15)18-6-4-7-21-9-11-22-12-10-21/h15H,3-14H2,1-2H3,(H2,17,18,19). The van der Waals surface area contributed by atoms with Crippen molar-refractivity contribution in [3.8, 4) is 0 Å². The lowest BCUT2D eigenvalue weighted by Gasteiger charge is -2.26. The van der Waals surface area contributed by atoms with Gasteiger partial charge in [0.05, 0.1) is 13.2 Å². The molecule has 2 rings (SSSR count). The molecule has 22 heavy (non-hydrogen) atoms. The molecule has 0 spiro atoms. The summed E-state index contributed by atoms with van der Waals surface area (Å²) in [6.07, 6.45) is 2.42. The Morgan fingerprint density at radius 2 is 2.05 bits per heavy atom. The minimum absolute atomic E-state index is 0.716. The van der Waals surface area contributed by atoms with Crippen LogP contribution in [-0.4, -0.2) is 88.4 Å². The maximum atomic E-state index is 5.37. The van der Waals surface area contributed by atoms with Gasteiger partial charge in [0.1, 0.15) is 0 Å². The third-order valence-electron chi connectivity index (χ3n) is 4.39. The smallest absolute Gasteiger partial charge is 0.191 e. The van der Waals surface area contributed by atoms with Gasteiger partial charge in [0.2, 0.25) is 0 Å². The number of aliphatic imine (C=N–C) groups is 1. The topological polar surface area (TPSA) is 52.1 Å². The summed E-state index contributed by atoms with van der Waals surface area (Å²) in [6.45, 7) is 12.4. The van der Waals surface area contributed by atoms with Crippen molar-refractivity contribution in [3.63, 3.8) is 0 Å². The molecular formula is C16H33N5O. The number of likely N-dealkylation sites (tertiary alicyclic amines) is 1. The van der Waals surface area contributed by atoms with Crippen LogP contribution < -0.4 is 10.6 Å². The van der Waals surface area contributed by atoms with E-state index in [-0.39, 0.29) is 0 Å². The van der Waals surface area contributed by atoms with Gasteiger partial charge in [0.25, 0.3) is 0 Å². The van der Waals surface area contributed by atoms with Gasteiger partial charge in [0.15, 0.2) is 5.96 Å². The molecule has 1 atom stereocenters. The molecular weight excluding hydrogens is 278 g/mol. The number of hydrogen-bond acceptors (Lipinski definition) is 4. The minimum Gasteiger partial charge on any atom is -0.379 e. The second kappa shape index (κ2) is 10.0. The van der Waals surface area contributed by atoms with Crippen molar-refractivity contribution in [2.24, 2.45) is 10.9 Å². The fraction of sp³-hybridized carbons (Fsp3) is 0.938. The van der Waals surface area contributed by atoms with Crippen molar-refractivity contribution < 1.29 is 4.74 Å². The SMILES string of the molecule is CCNC(=NCC1CCN(C)C1)NCCCN1CCOCC1. The van der Waals surface area contributed by atoms with Gasteiger partial charge in [-0.2, -0.15) is 0 Å². The van der Waals surface area contributed by atoms with Gasteiger partial charge in [-0.05, 0) is 45.8 Å². The Morgan fingerprint density at radius 1 is 1.23 bits per heavy atom. The first-order valence-electron chi connectivity index (χ1n) is 8.78. The average molecular weight is 311 g/mol. The Kier molecular flexibility index (Phi) is 7.98. The normalized spacial score (nSPS) is 24.6. The molecule has 2 N–H and O–H groups in total. The van der Waals surface area contributed by atoms with E-state index in [0.717, 1.165) is 64.9 Å². The van der Waals surface area contributed by atoms with E-state index in [1.165, 1.54) is 19.5 Å². The number of rotatable bonds is 7. The van der Waals surface area contributed by atoms with Crippen LogP contribution >= 0.6 is 0 Å². The van der Waals surface area contributed by atoms with Crippen molar-refractivity contribution in [1.82, 2.24) is 20.4 Å². The Labute approximate surface area is 135 Å². The van der Waals surface area contributed by atoms with E-state index >= 15 is 0 Å². The largest absolute Gasteiger partial charge is 0.379 e. The molecule has 6 nitrogen and oxygen atoms in total. The Balaban J connectivity index is 1.62. The van der Waals surface area contributed by atoms with Gasteiger partial charge in [0, 0.05) is 39.3 Å².